The second-order valence-corrected chi connectivity index (χ2v) is 8.38. The summed E-state index contributed by atoms with van der Waals surface area (Å²) < 4.78 is 10.8. The fourth-order valence-corrected chi connectivity index (χ4v) is 3.24. The third-order valence-electron chi connectivity index (χ3n) is 4.63. The zero-order valence-corrected chi connectivity index (χ0v) is 19.7. The molecule has 0 heterocycles. The summed E-state index contributed by atoms with van der Waals surface area (Å²) in [5, 5.41) is 3.80. The van der Waals surface area contributed by atoms with Crippen molar-refractivity contribution in [2.45, 2.75) is 33.4 Å². The summed E-state index contributed by atoms with van der Waals surface area (Å²) in [5.74, 6) is 0.929. The van der Waals surface area contributed by atoms with Crippen molar-refractivity contribution in [3.05, 3.63) is 58.1 Å². The number of nitrogens with one attached hydrogen (secondary N) is 1. The normalized spacial score (nSPS) is 11.7. The van der Waals surface area contributed by atoms with E-state index in [-0.39, 0.29) is 25.0 Å². The zero-order valence-electron chi connectivity index (χ0n) is 18.2. The van der Waals surface area contributed by atoms with E-state index in [1.165, 1.54) is 4.90 Å². The van der Waals surface area contributed by atoms with E-state index in [4.69, 9.17) is 32.7 Å². The van der Waals surface area contributed by atoms with Crippen molar-refractivity contribution in [2.24, 2.45) is 5.92 Å². The van der Waals surface area contributed by atoms with E-state index < -0.39 is 6.04 Å². The summed E-state index contributed by atoms with van der Waals surface area (Å²) in [6.45, 7) is 6.14. The van der Waals surface area contributed by atoms with E-state index in [1.807, 2.05) is 13.8 Å². The van der Waals surface area contributed by atoms with E-state index in [9.17, 15) is 9.59 Å². The number of amides is 2. The lowest BCUT2D eigenvalue weighted by Crippen LogP contribution is -2.49. The topological polar surface area (TPSA) is 67.9 Å². The Morgan fingerprint density at radius 2 is 1.68 bits per heavy atom. The highest BCUT2D eigenvalue weighted by Gasteiger charge is 2.27. The number of ether oxygens (including phenoxy) is 2. The number of halogens is 2. The molecule has 0 bridgehead atoms. The third kappa shape index (κ3) is 7.64. The summed E-state index contributed by atoms with van der Waals surface area (Å²) in [5.41, 5.74) is 0.687. The van der Waals surface area contributed by atoms with Crippen LogP contribution < -0.4 is 14.8 Å². The van der Waals surface area contributed by atoms with Gasteiger partial charge in [-0.05, 0) is 54.8 Å². The van der Waals surface area contributed by atoms with Crippen LogP contribution in [0.25, 0.3) is 0 Å². The highest BCUT2D eigenvalue weighted by Crippen LogP contribution is 2.23. The Morgan fingerprint density at radius 3 is 2.26 bits per heavy atom. The minimum absolute atomic E-state index is 0.150. The van der Waals surface area contributed by atoms with E-state index in [0.717, 1.165) is 0 Å². The van der Waals surface area contributed by atoms with Crippen LogP contribution in [-0.4, -0.2) is 43.0 Å². The Morgan fingerprint density at radius 1 is 1.03 bits per heavy atom. The number of carbonyl (C=O) groups is 2. The van der Waals surface area contributed by atoms with Crippen LogP contribution in [0.5, 0.6) is 11.5 Å². The van der Waals surface area contributed by atoms with Gasteiger partial charge in [0.05, 0.1) is 7.11 Å². The van der Waals surface area contributed by atoms with Crippen LogP contribution in [0.1, 0.15) is 26.3 Å². The van der Waals surface area contributed by atoms with Gasteiger partial charge in [-0.3, -0.25) is 9.59 Å². The van der Waals surface area contributed by atoms with Crippen molar-refractivity contribution in [3.63, 3.8) is 0 Å². The molecule has 31 heavy (non-hydrogen) atoms. The van der Waals surface area contributed by atoms with Crippen LogP contribution in [0.3, 0.4) is 0 Å². The first kappa shape index (κ1) is 24.8. The zero-order chi connectivity index (χ0) is 23.0. The Balaban J connectivity index is 2.15. The predicted octanol–water partition coefficient (Wildman–Crippen LogP) is 4.57. The molecule has 0 aliphatic rings. The molecule has 0 radical (unpaired) electrons. The van der Waals surface area contributed by atoms with E-state index in [0.29, 0.717) is 39.6 Å². The molecule has 1 N–H and O–H groups in total. The van der Waals surface area contributed by atoms with Gasteiger partial charge in [-0.1, -0.05) is 43.1 Å². The van der Waals surface area contributed by atoms with Crippen molar-refractivity contribution < 1.29 is 19.1 Å². The first-order chi connectivity index (χ1) is 14.7. The van der Waals surface area contributed by atoms with Crippen LogP contribution in [0.4, 0.5) is 0 Å². The molecular formula is C23H28Cl2N2O4. The third-order valence-corrected chi connectivity index (χ3v) is 5.22. The SMILES string of the molecule is COc1ccc(OCC(=O)N(Cc2ccc(Cl)cc2Cl)[C@@H](C)C(=O)NCC(C)C)cc1. The molecule has 6 nitrogen and oxygen atoms in total. The van der Waals surface area contributed by atoms with E-state index in [1.54, 1.807) is 56.5 Å². The molecule has 0 saturated heterocycles. The largest absolute Gasteiger partial charge is 0.497 e. The van der Waals surface area contributed by atoms with Gasteiger partial charge in [0.1, 0.15) is 17.5 Å². The Bertz CT molecular complexity index is 888. The molecule has 0 aliphatic heterocycles. The maximum atomic E-state index is 13.0. The number of hydrogen-bond acceptors (Lipinski definition) is 4. The fourth-order valence-electron chi connectivity index (χ4n) is 2.77. The van der Waals surface area contributed by atoms with E-state index >= 15 is 0 Å². The molecule has 2 rings (SSSR count). The highest BCUT2D eigenvalue weighted by molar-refractivity contribution is 6.35. The summed E-state index contributed by atoms with van der Waals surface area (Å²) >= 11 is 12.3. The lowest BCUT2D eigenvalue weighted by atomic mass is 10.1. The van der Waals surface area contributed by atoms with Gasteiger partial charge in [0.2, 0.25) is 5.91 Å². The molecule has 0 unspecified atom stereocenters. The minimum atomic E-state index is -0.711. The van der Waals surface area contributed by atoms with Crippen molar-refractivity contribution in [3.8, 4) is 11.5 Å². The average molecular weight is 467 g/mol. The first-order valence-corrected chi connectivity index (χ1v) is 10.7. The van der Waals surface area contributed by atoms with Crippen LogP contribution in [-0.2, 0) is 16.1 Å². The summed E-state index contributed by atoms with van der Waals surface area (Å²) in [7, 11) is 1.57. The minimum Gasteiger partial charge on any atom is -0.497 e. The summed E-state index contributed by atoms with van der Waals surface area (Å²) in [4.78, 5) is 27.1. The first-order valence-electron chi connectivity index (χ1n) is 9.99. The molecule has 0 aromatic heterocycles. The smallest absolute Gasteiger partial charge is 0.261 e. The quantitative estimate of drug-likeness (QED) is 0.556. The maximum Gasteiger partial charge on any atom is 0.261 e. The Labute approximate surface area is 193 Å². The van der Waals surface area contributed by atoms with Gasteiger partial charge in [-0.2, -0.15) is 0 Å². The molecule has 2 amide bonds. The molecule has 168 valence electrons. The maximum absolute atomic E-state index is 13.0. The van der Waals surface area contributed by atoms with Gasteiger partial charge in [0, 0.05) is 23.1 Å². The number of benzene rings is 2. The number of nitrogens with zero attached hydrogens (tertiary/aromatic N) is 1. The number of carbonyl (C=O) groups excluding carboxylic acids is 2. The molecule has 2 aromatic rings. The van der Waals surface area contributed by atoms with Gasteiger partial charge < -0.3 is 19.7 Å². The van der Waals surface area contributed by atoms with Crippen molar-refractivity contribution >= 4 is 35.0 Å². The Hall–Kier alpha value is -2.44. The summed E-state index contributed by atoms with van der Waals surface area (Å²) in [6.07, 6.45) is 0. The van der Waals surface area contributed by atoms with Crippen LogP contribution in [0.2, 0.25) is 10.0 Å². The number of rotatable bonds is 10. The van der Waals surface area contributed by atoms with Gasteiger partial charge >= 0.3 is 0 Å². The lowest BCUT2D eigenvalue weighted by Gasteiger charge is -2.29. The van der Waals surface area contributed by atoms with Crippen LogP contribution >= 0.6 is 23.2 Å². The molecule has 8 heteroatoms. The van der Waals surface area contributed by atoms with Crippen molar-refractivity contribution in [2.75, 3.05) is 20.3 Å². The monoisotopic (exact) mass is 466 g/mol. The van der Waals surface area contributed by atoms with Gasteiger partial charge in [-0.25, -0.2) is 0 Å². The van der Waals surface area contributed by atoms with Crippen LogP contribution in [0, 0.1) is 5.92 Å². The molecule has 0 spiro atoms. The van der Waals surface area contributed by atoms with Gasteiger partial charge in [0.25, 0.3) is 5.91 Å². The standard InChI is InChI=1S/C23H28Cl2N2O4/c1-15(2)12-26-23(29)16(3)27(13-17-5-6-18(24)11-21(17)25)22(28)14-31-20-9-7-19(30-4)8-10-20/h5-11,15-16H,12-14H2,1-4H3,(H,26,29)/t16-/m0/s1. The predicted molar refractivity (Wildman–Crippen MR) is 123 cm³/mol. The molecule has 0 saturated carbocycles. The highest BCUT2D eigenvalue weighted by atomic mass is 35.5. The van der Waals surface area contributed by atoms with Crippen LogP contribution in [0.15, 0.2) is 42.5 Å². The average Bonchev–Trinajstić information content (AvgIpc) is 2.75. The summed E-state index contributed by atoms with van der Waals surface area (Å²) in [6, 6.07) is 11.3. The second-order valence-electron chi connectivity index (χ2n) is 7.54. The second kappa shape index (κ2) is 11.8. The van der Waals surface area contributed by atoms with Crippen molar-refractivity contribution in [1.29, 1.82) is 0 Å². The fraction of sp³-hybridized carbons (Fsp3) is 0.391. The molecule has 2 aromatic carbocycles. The lowest BCUT2D eigenvalue weighted by molar-refractivity contribution is -0.142. The molecule has 0 aliphatic carbocycles. The number of hydrogen-bond donors (Lipinski definition) is 1. The van der Waals surface area contributed by atoms with Gasteiger partial charge in [-0.15, -0.1) is 0 Å². The Kier molecular flexibility index (Phi) is 9.46. The van der Waals surface area contributed by atoms with E-state index in [2.05, 4.69) is 5.32 Å². The van der Waals surface area contributed by atoms with Crippen molar-refractivity contribution in [1.82, 2.24) is 10.2 Å². The number of methoxy groups -OCH3 is 1. The molecular weight excluding hydrogens is 439 g/mol. The molecule has 1 atom stereocenters. The van der Waals surface area contributed by atoms with Gasteiger partial charge in [0.15, 0.2) is 6.61 Å². The molecule has 0 fully saturated rings.